The second-order valence-corrected chi connectivity index (χ2v) is 8.63. The van der Waals surface area contributed by atoms with Gasteiger partial charge in [-0.05, 0) is 0 Å². The summed E-state index contributed by atoms with van der Waals surface area (Å²) in [6, 6.07) is 11.7. The van der Waals surface area contributed by atoms with E-state index < -0.39 is 31.9 Å². The molecule has 10 heteroatoms. The van der Waals surface area contributed by atoms with Gasteiger partial charge in [0, 0.05) is 0 Å². The molecule has 9 nitrogen and oxygen atoms in total. The van der Waals surface area contributed by atoms with Gasteiger partial charge < -0.3 is 0 Å². The van der Waals surface area contributed by atoms with Crippen molar-refractivity contribution in [3.63, 3.8) is 0 Å². The fourth-order valence-corrected chi connectivity index (χ4v) is 3.91. The first-order chi connectivity index (χ1) is 16.9. The number of hydrogen-bond acceptors (Lipinski definition) is 6. The van der Waals surface area contributed by atoms with E-state index in [0.29, 0.717) is 25.4 Å². The Morgan fingerprint density at radius 1 is 1.11 bits per heavy atom. The fraction of sp³-hybridized carbons (Fsp3) is 0.400. The summed E-state index contributed by atoms with van der Waals surface area (Å²) in [5.74, 6) is -1.02. The molecule has 0 bridgehead atoms. The van der Waals surface area contributed by atoms with Crippen LogP contribution in [0.25, 0.3) is 11.3 Å². The molecule has 2 heterocycles. The maximum atomic E-state index is 13.0. The first-order valence-corrected chi connectivity index (χ1v) is 12.4. The average Bonchev–Trinajstić information content (AvgIpc) is 2.88. The third-order valence-corrected chi connectivity index (χ3v) is 5.91. The maximum absolute atomic E-state index is 13.0. The van der Waals surface area contributed by atoms with Crippen molar-refractivity contribution in [1.29, 1.82) is 0 Å². The number of benzene rings is 1. The van der Waals surface area contributed by atoms with Crippen LogP contribution in [0.3, 0.4) is 0 Å². The Balaban J connectivity index is 1.65. The van der Waals surface area contributed by atoms with E-state index in [1.807, 2.05) is 50.2 Å². The van der Waals surface area contributed by atoms with Crippen molar-refractivity contribution in [1.82, 2.24) is 20.1 Å². The van der Waals surface area contributed by atoms with Crippen LogP contribution < -0.4 is 5.32 Å². The number of amides is 3. The summed E-state index contributed by atoms with van der Waals surface area (Å²) in [6.45, 7) is 5.40. The molecule has 2 aromatic rings. The molecule has 35 heavy (non-hydrogen) atoms. The predicted octanol–water partition coefficient (Wildman–Crippen LogP) is 3.49. The molecule has 1 fully saturated rings. The van der Waals surface area contributed by atoms with E-state index in [4.69, 9.17) is 4.74 Å². The molecule has 1 aliphatic heterocycles. The van der Waals surface area contributed by atoms with Crippen molar-refractivity contribution in [2.45, 2.75) is 32.7 Å². The average molecular weight is 497 g/mol. The van der Waals surface area contributed by atoms with Crippen LogP contribution in [-0.4, -0.2) is 71.5 Å². The van der Waals surface area contributed by atoms with Gasteiger partial charge in [0.25, 0.3) is 0 Å². The van der Waals surface area contributed by atoms with Crippen molar-refractivity contribution < 1.29 is 23.7 Å². The SMILES string of the molecule is CCCCOC(=O)N1CCN(C(=O)[C@H](C#P=O)NC(=O)c2cc(C)cc(-c3ccccc3)n2)CC1. The Kier molecular flexibility index (Phi) is 9.65. The molecule has 1 saturated heterocycles. The van der Waals surface area contributed by atoms with E-state index in [1.165, 1.54) is 4.90 Å². The molecular formula is C25H29N4O5P. The molecular weight excluding hydrogens is 467 g/mol. The van der Waals surface area contributed by atoms with E-state index in [0.717, 1.165) is 24.0 Å². The van der Waals surface area contributed by atoms with Gasteiger partial charge in [0.05, 0.1) is 0 Å². The van der Waals surface area contributed by atoms with Crippen LogP contribution in [0.1, 0.15) is 35.8 Å². The number of unbranched alkanes of at least 4 members (excludes halogenated alkanes) is 1. The van der Waals surface area contributed by atoms with Crippen LogP contribution in [0.5, 0.6) is 0 Å². The number of ether oxygens (including phenoxy) is 1. The Bertz CT molecular complexity index is 1160. The summed E-state index contributed by atoms with van der Waals surface area (Å²) >= 11 is 0. The number of nitrogens with one attached hydrogen (secondary N) is 1. The second kappa shape index (κ2) is 12.9. The van der Waals surface area contributed by atoms with Gasteiger partial charge in [0.15, 0.2) is 0 Å². The topological polar surface area (TPSA) is 109 Å². The molecule has 0 aliphatic carbocycles. The van der Waals surface area contributed by atoms with Crippen molar-refractivity contribution >= 4 is 25.8 Å². The molecule has 3 amide bonds. The first kappa shape index (κ1) is 26.2. The van der Waals surface area contributed by atoms with Crippen LogP contribution in [0.4, 0.5) is 4.79 Å². The number of carbonyl (C=O) groups excluding carboxylic acids is 3. The normalized spacial score (nSPS) is 14.0. The van der Waals surface area contributed by atoms with Gasteiger partial charge in [-0.3, -0.25) is 0 Å². The number of aryl methyl sites for hydroxylation is 1. The van der Waals surface area contributed by atoms with E-state index in [-0.39, 0.29) is 18.8 Å². The number of rotatable bonds is 7. The van der Waals surface area contributed by atoms with E-state index in [9.17, 15) is 18.9 Å². The van der Waals surface area contributed by atoms with Gasteiger partial charge in [0.2, 0.25) is 0 Å². The standard InChI is InChI=1S/C25H29N4O5P/c1-3-4-14-34-25(32)29-12-10-28(11-13-29)24(31)22(17-35-33)27-23(30)21-16-18(2)15-20(26-21)19-8-6-5-7-9-19/h5-9,15-16,22H,3-4,10-14H2,1-2H3,(H,27,30)/t22-/m0/s1. The van der Waals surface area contributed by atoms with Gasteiger partial charge in [0.1, 0.15) is 0 Å². The Hall–Kier alpha value is -3.41. The second-order valence-electron chi connectivity index (χ2n) is 8.19. The summed E-state index contributed by atoms with van der Waals surface area (Å²) in [4.78, 5) is 45.6. The zero-order valence-corrected chi connectivity index (χ0v) is 20.8. The van der Waals surface area contributed by atoms with Crippen LogP contribution in [0, 0.1) is 12.6 Å². The third kappa shape index (κ3) is 7.28. The summed E-state index contributed by atoms with van der Waals surface area (Å²) < 4.78 is 16.5. The van der Waals surface area contributed by atoms with Gasteiger partial charge in [-0.2, -0.15) is 0 Å². The minimum atomic E-state index is -1.22. The molecule has 1 atom stereocenters. The fourth-order valence-electron chi connectivity index (χ4n) is 3.63. The molecule has 0 spiro atoms. The van der Waals surface area contributed by atoms with Crippen molar-refractivity contribution in [3.05, 3.63) is 53.7 Å². The van der Waals surface area contributed by atoms with Gasteiger partial charge >= 0.3 is 199 Å². The molecule has 1 aromatic carbocycles. The van der Waals surface area contributed by atoms with Crippen molar-refractivity contribution in [3.8, 4) is 16.9 Å². The monoisotopic (exact) mass is 496 g/mol. The minimum absolute atomic E-state index is 0.144. The number of aromatic nitrogens is 1. The number of carbonyl (C=O) groups is 3. The molecule has 3 rings (SSSR count). The Morgan fingerprint density at radius 3 is 2.46 bits per heavy atom. The molecule has 0 saturated carbocycles. The Labute approximate surface area is 206 Å². The third-order valence-electron chi connectivity index (χ3n) is 5.55. The van der Waals surface area contributed by atoms with E-state index in [1.54, 1.807) is 11.0 Å². The molecule has 1 aromatic heterocycles. The quantitative estimate of drug-likeness (QED) is 0.464. The zero-order chi connectivity index (χ0) is 25.2. The summed E-state index contributed by atoms with van der Waals surface area (Å²) in [7, 11) is -0.505. The molecule has 1 aliphatic rings. The Morgan fingerprint density at radius 2 is 1.80 bits per heavy atom. The number of pyridine rings is 1. The van der Waals surface area contributed by atoms with E-state index >= 15 is 0 Å². The number of hydrogen-bond donors (Lipinski definition) is 1. The predicted molar refractivity (Wildman–Crippen MR) is 132 cm³/mol. The van der Waals surface area contributed by atoms with Crippen LogP contribution in [-0.2, 0) is 14.1 Å². The summed E-state index contributed by atoms with van der Waals surface area (Å²) in [6.07, 6.45) is 1.33. The van der Waals surface area contributed by atoms with E-state index in [2.05, 4.69) is 15.9 Å². The van der Waals surface area contributed by atoms with Gasteiger partial charge in [-0.15, -0.1) is 0 Å². The van der Waals surface area contributed by atoms with Crippen molar-refractivity contribution in [2.24, 2.45) is 0 Å². The molecule has 0 radical (unpaired) electrons. The van der Waals surface area contributed by atoms with Gasteiger partial charge in [-0.25, -0.2) is 0 Å². The van der Waals surface area contributed by atoms with Crippen LogP contribution >= 0.6 is 7.92 Å². The molecule has 0 unspecified atom stereocenters. The number of nitrogens with zero attached hydrogens (tertiary/aromatic N) is 3. The molecule has 184 valence electrons. The summed E-state index contributed by atoms with van der Waals surface area (Å²) in [5.41, 5.74) is 4.95. The van der Waals surface area contributed by atoms with Crippen LogP contribution in [0.2, 0.25) is 0 Å². The summed E-state index contributed by atoms with van der Waals surface area (Å²) in [5, 5.41) is 2.59. The first-order valence-electron chi connectivity index (χ1n) is 11.6. The number of piperazine rings is 1. The van der Waals surface area contributed by atoms with Crippen LogP contribution in [0.15, 0.2) is 42.5 Å². The molecule has 1 N–H and O–H groups in total. The zero-order valence-electron chi connectivity index (χ0n) is 19.9. The van der Waals surface area contributed by atoms with Crippen molar-refractivity contribution in [2.75, 3.05) is 32.8 Å². The van der Waals surface area contributed by atoms with Gasteiger partial charge in [-0.1, -0.05) is 6.92 Å².